The molecule has 0 bridgehead atoms. The molecule has 1 aliphatic carbocycles. The lowest BCUT2D eigenvalue weighted by Crippen LogP contribution is -2.52. The molecule has 3 rings (SSSR count). The lowest BCUT2D eigenvalue weighted by Gasteiger charge is -2.32. The topological polar surface area (TPSA) is 86.2 Å². The molecule has 0 radical (unpaired) electrons. The van der Waals surface area contributed by atoms with Crippen molar-refractivity contribution in [1.82, 2.24) is 9.97 Å². The summed E-state index contributed by atoms with van der Waals surface area (Å²) < 4.78 is 43.3. The SMILES string of the molecule is COCC1(C(=O)c2cnc3nc(C(F)(F)F)ccc3c2)C(=O)CCCC1=O. The molecule has 0 saturated heterocycles. The van der Waals surface area contributed by atoms with Crippen LogP contribution in [0.5, 0.6) is 0 Å². The van der Waals surface area contributed by atoms with Crippen LogP contribution >= 0.6 is 0 Å². The van der Waals surface area contributed by atoms with Crippen LogP contribution in [-0.2, 0) is 20.5 Å². The van der Waals surface area contributed by atoms with Crippen molar-refractivity contribution >= 4 is 28.4 Å². The van der Waals surface area contributed by atoms with E-state index in [4.69, 9.17) is 4.74 Å². The Balaban J connectivity index is 2.06. The number of fused-ring (bicyclic) bond motifs is 1. The van der Waals surface area contributed by atoms with Gasteiger partial charge in [0.2, 0.25) is 0 Å². The molecule has 1 saturated carbocycles. The van der Waals surface area contributed by atoms with Gasteiger partial charge in [-0.3, -0.25) is 14.4 Å². The first-order valence-corrected chi connectivity index (χ1v) is 8.14. The van der Waals surface area contributed by atoms with E-state index in [0.717, 1.165) is 18.3 Å². The summed E-state index contributed by atoms with van der Waals surface area (Å²) in [5, 5.41) is 0.192. The highest BCUT2D eigenvalue weighted by molar-refractivity contribution is 6.30. The third kappa shape index (κ3) is 3.23. The van der Waals surface area contributed by atoms with E-state index in [1.165, 1.54) is 13.2 Å². The summed E-state index contributed by atoms with van der Waals surface area (Å²) in [6, 6.07) is 3.20. The van der Waals surface area contributed by atoms with Gasteiger partial charge in [0.05, 0.1) is 6.61 Å². The highest BCUT2D eigenvalue weighted by atomic mass is 19.4. The fraction of sp³-hybridized carbons (Fsp3) is 0.389. The van der Waals surface area contributed by atoms with Crippen LogP contribution in [0.1, 0.15) is 35.3 Å². The molecule has 2 heterocycles. The average Bonchev–Trinajstić information content (AvgIpc) is 2.62. The van der Waals surface area contributed by atoms with E-state index in [1.54, 1.807) is 0 Å². The molecule has 2 aromatic rings. The van der Waals surface area contributed by atoms with Gasteiger partial charge in [0.25, 0.3) is 0 Å². The lowest BCUT2D eigenvalue weighted by molar-refractivity contribution is -0.144. The van der Waals surface area contributed by atoms with Crippen molar-refractivity contribution in [2.24, 2.45) is 5.41 Å². The van der Waals surface area contributed by atoms with Crippen LogP contribution in [0.25, 0.3) is 11.0 Å². The van der Waals surface area contributed by atoms with E-state index in [2.05, 4.69) is 9.97 Å². The zero-order valence-corrected chi connectivity index (χ0v) is 14.3. The Kier molecular flexibility index (Phi) is 4.81. The van der Waals surface area contributed by atoms with E-state index in [0.29, 0.717) is 6.42 Å². The average molecular weight is 380 g/mol. The first kappa shape index (κ1) is 19.1. The van der Waals surface area contributed by atoms with E-state index in [-0.39, 0.29) is 36.0 Å². The number of alkyl halides is 3. The third-order valence-electron chi connectivity index (χ3n) is 4.60. The molecule has 1 fully saturated rings. The number of ether oxygens (including phenoxy) is 1. The number of pyridine rings is 2. The van der Waals surface area contributed by atoms with Gasteiger partial charge < -0.3 is 4.74 Å². The van der Waals surface area contributed by atoms with Gasteiger partial charge >= 0.3 is 6.18 Å². The second-order valence-corrected chi connectivity index (χ2v) is 6.33. The van der Waals surface area contributed by atoms with Crippen molar-refractivity contribution in [2.45, 2.75) is 25.4 Å². The van der Waals surface area contributed by atoms with Crippen LogP contribution in [0.15, 0.2) is 24.4 Å². The zero-order chi connectivity index (χ0) is 19.8. The molecule has 142 valence electrons. The van der Waals surface area contributed by atoms with E-state index >= 15 is 0 Å². The highest BCUT2D eigenvalue weighted by Gasteiger charge is 2.53. The number of halogens is 3. The van der Waals surface area contributed by atoms with Crippen molar-refractivity contribution in [1.29, 1.82) is 0 Å². The predicted octanol–water partition coefficient (Wildman–Crippen LogP) is 2.79. The van der Waals surface area contributed by atoms with Crippen LogP contribution in [-0.4, -0.2) is 41.0 Å². The molecular formula is C18H15F3N2O4. The number of ketones is 3. The quantitative estimate of drug-likeness (QED) is 0.599. The van der Waals surface area contributed by atoms with Gasteiger partial charge in [0.15, 0.2) is 28.4 Å². The van der Waals surface area contributed by atoms with Gasteiger partial charge in [-0.1, -0.05) is 0 Å². The molecule has 9 heteroatoms. The van der Waals surface area contributed by atoms with Gasteiger partial charge in [-0.15, -0.1) is 0 Å². The summed E-state index contributed by atoms with van der Waals surface area (Å²) in [6.45, 7) is -0.382. The Labute approximate surface area is 151 Å². The molecule has 0 amide bonds. The number of carbonyl (C=O) groups is 3. The summed E-state index contributed by atoms with van der Waals surface area (Å²) in [5.74, 6) is -1.79. The largest absolute Gasteiger partial charge is 0.433 e. The van der Waals surface area contributed by atoms with Crippen LogP contribution in [0.3, 0.4) is 0 Å². The molecule has 0 aromatic carbocycles. The number of nitrogens with zero attached hydrogens (tertiary/aromatic N) is 2. The van der Waals surface area contributed by atoms with Crippen molar-refractivity contribution in [2.75, 3.05) is 13.7 Å². The number of hydrogen-bond donors (Lipinski definition) is 0. The Hall–Kier alpha value is -2.68. The van der Waals surface area contributed by atoms with E-state index in [9.17, 15) is 27.6 Å². The Morgan fingerprint density at radius 3 is 2.48 bits per heavy atom. The monoisotopic (exact) mass is 380 g/mol. The Morgan fingerprint density at radius 1 is 1.22 bits per heavy atom. The highest BCUT2D eigenvalue weighted by Crippen LogP contribution is 2.35. The molecule has 2 aromatic heterocycles. The second-order valence-electron chi connectivity index (χ2n) is 6.33. The molecule has 0 spiro atoms. The van der Waals surface area contributed by atoms with Gasteiger partial charge in [-0.2, -0.15) is 13.2 Å². The van der Waals surface area contributed by atoms with Crippen molar-refractivity contribution in [3.63, 3.8) is 0 Å². The number of hydrogen-bond acceptors (Lipinski definition) is 6. The molecule has 27 heavy (non-hydrogen) atoms. The fourth-order valence-electron chi connectivity index (χ4n) is 3.23. The molecule has 0 atom stereocenters. The first-order chi connectivity index (χ1) is 12.7. The Bertz CT molecular complexity index is 924. The number of methoxy groups -OCH3 is 1. The minimum absolute atomic E-state index is 0.0512. The summed E-state index contributed by atoms with van der Waals surface area (Å²) in [6.07, 6.45) is -3.05. The Morgan fingerprint density at radius 2 is 1.89 bits per heavy atom. The summed E-state index contributed by atoms with van der Waals surface area (Å²) in [5.41, 5.74) is -3.27. The maximum absolute atomic E-state index is 13.0. The van der Waals surface area contributed by atoms with E-state index < -0.39 is 34.6 Å². The molecule has 6 nitrogen and oxygen atoms in total. The second kappa shape index (κ2) is 6.80. The van der Waals surface area contributed by atoms with Crippen LogP contribution in [0.4, 0.5) is 13.2 Å². The van der Waals surface area contributed by atoms with Gasteiger partial charge in [-0.05, 0) is 24.6 Å². The fourth-order valence-corrected chi connectivity index (χ4v) is 3.23. The minimum Gasteiger partial charge on any atom is -0.383 e. The lowest BCUT2D eigenvalue weighted by atomic mass is 9.68. The first-order valence-electron chi connectivity index (χ1n) is 8.14. The zero-order valence-electron chi connectivity index (χ0n) is 14.3. The summed E-state index contributed by atoms with van der Waals surface area (Å²) in [7, 11) is 1.28. The minimum atomic E-state index is -4.62. The number of carbonyl (C=O) groups excluding carboxylic acids is 3. The van der Waals surface area contributed by atoms with Gasteiger partial charge in [0.1, 0.15) is 5.69 Å². The smallest absolute Gasteiger partial charge is 0.383 e. The molecule has 1 aliphatic rings. The molecular weight excluding hydrogens is 365 g/mol. The predicted molar refractivity (Wildman–Crippen MR) is 87.0 cm³/mol. The van der Waals surface area contributed by atoms with Crippen LogP contribution in [0, 0.1) is 5.41 Å². The molecule has 0 N–H and O–H groups in total. The standard InChI is InChI=1S/C18H15F3N2O4/c1-27-9-17(13(24)3-2-4-14(17)25)15(26)11-7-10-5-6-12(18(19,20)21)23-16(10)22-8-11/h5-8H,2-4,9H2,1H3. The molecule has 0 aliphatic heterocycles. The summed E-state index contributed by atoms with van der Waals surface area (Å²) in [4.78, 5) is 45.2. The number of rotatable bonds is 4. The van der Waals surface area contributed by atoms with Crippen molar-refractivity contribution in [3.8, 4) is 0 Å². The number of Topliss-reactive ketones (excluding diaryl/α,β-unsaturated/α-hetero) is 3. The van der Waals surface area contributed by atoms with Crippen molar-refractivity contribution in [3.05, 3.63) is 35.7 Å². The van der Waals surface area contributed by atoms with Gasteiger partial charge in [-0.25, -0.2) is 9.97 Å². The van der Waals surface area contributed by atoms with Crippen molar-refractivity contribution < 1.29 is 32.3 Å². The third-order valence-corrected chi connectivity index (χ3v) is 4.60. The van der Waals surface area contributed by atoms with E-state index in [1.807, 2.05) is 0 Å². The van der Waals surface area contributed by atoms with Gasteiger partial charge in [0, 0.05) is 37.1 Å². The summed E-state index contributed by atoms with van der Waals surface area (Å²) >= 11 is 0. The molecule has 0 unspecified atom stereocenters. The van der Waals surface area contributed by atoms with Crippen LogP contribution < -0.4 is 0 Å². The maximum atomic E-state index is 13.0. The maximum Gasteiger partial charge on any atom is 0.433 e. The van der Waals surface area contributed by atoms with Crippen LogP contribution in [0.2, 0.25) is 0 Å². The number of aromatic nitrogens is 2. The normalized spacial score (nSPS) is 17.3.